The maximum atomic E-state index is 3.36. The van der Waals surface area contributed by atoms with Gasteiger partial charge in [0, 0.05) is 5.41 Å². The van der Waals surface area contributed by atoms with E-state index in [0.717, 1.165) is 6.54 Å². The Labute approximate surface area is 69.6 Å². The lowest BCUT2D eigenvalue weighted by Gasteiger charge is -2.08. The van der Waals surface area contributed by atoms with Crippen LogP contribution in [0, 0.1) is 17.3 Å². The van der Waals surface area contributed by atoms with E-state index in [0.29, 0.717) is 6.04 Å². The number of nitrogens with one attached hydrogen (secondary N) is 1. The van der Waals surface area contributed by atoms with Crippen LogP contribution >= 0.6 is 0 Å². The van der Waals surface area contributed by atoms with Crippen molar-refractivity contribution >= 4 is 0 Å². The average molecular weight is 151 g/mol. The molecule has 1 atom stereocenters. The normalized spacial score (nSPS) is 24.5. The van der Waals surface area contributed by atoms with Crippen LogP contribution in [-0.2, 0) is 0 Å². The standard InChI is InChI=1S/C10H17N/c1-10(2,3)7-6-9-5-4-8-11-9/h9,11H,4-5,8H2,1-3H3/t9-/m1/s1. The molecule has 0 aromatic heterocycles. The van der Waals surface area contributed by atoms with Crippen molar-refractivity contribution < 1.29 is 0 Å². The Morgan fingerprint density at radius 2 is 2.09 bits per heavy atom. The van der Waals surface area contributed by atoms with Gasteiger partial charge in [-0.2, -0.15) is 0 Å². The summed E-state index contributed by atoms with van der Waals surface area (Å²) >= 11 is 0. The number of rotatable bonds is 0. The third-order valence-electron chi connectivity index (χ3n) is 1.68. The topological polar surface area (TPSA) is 12.0 Å². The molecule has 1 rings (SSSR count). The van der Waals surface area contributed by atoms with Crippen molar-refractivity contribution in [2.24, 2.45) is 5.41 Å². The second-order valence-corrected chi connectivity index (χ2v) is 4.17. The molecule has 11 heavy (non-hydrogen) atoms. The fourth-order valence-corrected chi connectivity index (χ4v) is 1.11. The van der Waals surface area contributed by atoms with Gasteiger partial charge in [0.05, 0.1) is 6.04 Å². The lowest BCUT2D eigenvalue weighted by Crippen LogP contribution is -2.19. The summed E-state index contributed by atoms with van der Waals surface area (Å²) in [5.74, 6) is 6.51. The number of hydrogen-bond donors (Lipinski definition) is 1. The fraction of sp³-hybridized carbons (Fsp3) is 0.800. The molecule has 1 aliphatic heterocycles. The van der Waals surface area contributed by atoms with Gasteiger partial charge < -0.3 is 5.32 Å². The summed E-state index contributed by atoms with van der Waals surface area (Å²) < 4.78 is 0. The molecule has 1 fully saturated rings. The van der Waals surface area contributed by atoms with E-state index in [2.05, 4.69) is 37.9 Å². The molecule has 0 aromatic rings. The molecule has 0 amide bonds. The highest BCUT2D eigenvalue weighted by molar-refractivity contribution is 5.14. The monoisotopic (exact) mass is 151 g/mol. The summed E-state index contributed by atoms with van der Waals surface area (Å²) in [5, 5.41) is 3.36. The zero-order valence-corrected chi connectivity index (χ0v) is 7.70. The summed E-state index contributed by atoms with van der Waals surface area (Å²) in [6, 6.07) is 0.467. The van der Waals surface area contributed by atoms with E-state index in [1.807, 2.05) is 0 Å². The second kappa shape index (κ2) is 3.28. The first-order valence-corrected chi connectivity index (χ1v) is 4.34. The summed E-state index contributed by atoms with van der Waals surface area (Å²) in [4.78, 5) is 0. The van der Waals surface area contributed by atoms with Crippen LogP contribution in [0.4, 0.5) is 0 Å². The minimum Gasteiger partial charge on any atom is -0.304 e. The highest BCUT2D eigenvalue weighted by Gasteiger charge is 2.11. The Morgan fingerprint density at radius 1 is 1.36 bits per heavy atom. The van der Waals surface area contributed by atoms with Crippen LogP contribution in [0.3, 0.4) is 0 Å². The second-order valence-electron chi connectivity index (χ2n) is 4.17. The molecule has 0 unspecified atom stereocenters. The molecule has 0 aromatic carbocycles. The maximum absolute atomic E-state index is 3.36. The highest BCUT2D eigenvalue weighted by Crippen LogP contribution is 2.11. The minimum atomic E-state index is 0.157. The van der Waals surface area contributed by atoms with Gasteiger partial charge in [0.1, 0.15) is 0 Å². The van der Waals surface area contributed by atoms with Crippen molar-refractivity contribution in [3.05, 3.63) is 0 Å². The molecule has 0 aliphatic carbocycles. The van der Waals surface area contributed by atoms with Gasteiger partial charge in [0.2, 0.25) is 0 Å². The van der Waals surface area contributed by atoms with Gasteiger partial charge in [-0.25, -0.2) is 0 Å². The molecule has 0 bridgehead atoms. The maximum Gasteiger partial charge on any atom is 0.0690 e. The molecule has 0 spiro atoms. The van der Waals surface area contributed by atoms with Gasteiger partial charge in [0.15, 0.2) is 0 Å². The fourth-order valence-electron chi connectivity index (χ4n) is 1.11. The van der Waals surface area contributed by atoms with Crippen LogP contribution in [-0.4, -0.2) is 12.6 Å². The molecule has 0 radical (unpaired) electrons. The van der Waals surface area contributed by atoms with E-state index in [-0.39, 0.29) is 5.41 Å². The van der Waals surface area contributed by atoms with Gasteiger partial charge in [-0.1, -0.05) is 11.8 Å². The Balaban J connectivity index is 2.42. The predicted octanol–water partition coefficient (Wildman–Crippen LogP) is 1.79. The molecule has 1 aliphatic rings. The summed E-state index contributed by atoms with van der Waals surface area (Å²) in [7, 11) is 0. The van der Waals surface area contributed by atoms with E-state index in [1.54, 1.807) is 0 Å². The van der Waals surface area contributed by atoms with Crippen molar-refractivity contribution in [2.45, 2.75) is 39.7 Å². The molecule has 0 saturated carbocycles. The van der Waals surface area contributed by atoms with Crippen LogP contribution < -0.4 is 5.32 Å². The minimum absolute atomic E-state index is 0.157. The van der Waals surface area contributed by atoms with Gasteiger partial charge in [-0.3, -0.25) is 0 Å². The first-order valence-electron chi connectivity index (χ1n) is 4.34. The Bertz CT molecular complexity index is 171. The lowest BCUT2D eigenvalue weighted by atomic mass is 9.97. The molecule has 62 valence electrons. The molecule has 1 nitrogen and oxygen atoms in total. The van der Waals surface area contributed by atoms with Crippen molar-refractivity contribution in [3.63, 3.8) is 0 Å². The quantitative estimate of drug-likeness (QED) is 0.520. The number of hydrogen-bond acceptors (Lipinski definition) is 1. The van der Waals surface area contributed by atoms with Crippen molar-refractivity contribution in [1.82, 2.24) is 5.32 Å². The van der Waals surface area contributed by atoms with Crippen LogP contribution in [0.1, 0.15) is 33.6 Å². The van der Waals surface area contributed by atoms with Gasteiger partial charge >= 0.3 is 0 Å². The third kappa shape index (κ3) is 3.43. The first kappa shape index (κ1) is 8.62. The van der Waals surface area contributed by atoms with Crippen LogP contribution in [0.5, 0.6) is 0 Å². The summed E-state index contributed by atoms with van der Waals surface area (Å²) in [6.07, 6.45) is 2.51. The highest BCUT2D eigenvalue weighted by atomic mass is 14.9. The predicted molar refractivity (Wildman–Crippen MR) is 48.3 cm³/mol. The Kier molecular flexibility index (Phi) is 2.57. The van der Waals surface area contributed by atoms with Gasteiger partial charge in [-0.15, -0.1) is 0 Å². The largest absolute Gasteiger partial charge is 0.304 e. The van der Waals surface area contributed by atoms with E-state index in [4.69, 9.17) is 0 Å². The van der Waals surface area contributed by atoms with Crippen LogP contribution in [0.2, 0.25) is 0 Å². The van der Waals surface area contributed by atoms with Crippen LogP contribution in [0.25, 0.3) is 0 Å². The van der Waals surface area contributed by atoms with E-state index < -0.39 is 0 Å². The molecular weight excluding hydrogens is 134 g/mol. The first-order chi connectivity index (χ1) is 5.08. The van der Waals surface area contributed by atoms with E-state index >= 15 is 0 Å². The smallest absolute Gasteiger partial charge is 0.0690 e. The van der Waals surface area contributed by atoms with Crippen LogP contribution in [0.15, 0.2) is 0 Å². The molecular formula is C10H17N. The van der Waals surface area contributed by atoms with Crippen molar-refractivity contribution in [2.75, 3.05) is 6.54 Å². The van der Waals surface area contributed by atoms with Gasteiger partial charge in [-0.05, 0) is 40.2 Å². The molecule has 1 saturated heterocycles. The summed E-state index contributed by atoms with van der Waals surface area (Å²) in [5.41, 5.74) is 0.157. The molecule has 1 heterocycles. The zero-order valence-electron chi connectivity index (χ0n) is 7.70. The zero-order chi connectivity index (χ0) is 8.32. The lowest BCUT2D eigenvalue weighted by molar-refractivity contribution is 0.568. The molecule has 1 heteroatoms. The third-order valence-corrected chi connectivity index (χ3v) is 1.68. The SMILES string of the molecule is CC(C)(C)C#C[C@H]1CCCN1. The van der Waals surface area contributed by atoms with Crippen molar-refractivity contribution in [3.8, 4) is 11.8 Å². The Hall–Kier alpha value is -0.480. The summed E-state index contributed by atoms with van der Waals surface area (Å²) in [6.45, 7) is 7.59. The molecule has 1 N–H and O–H groups in total. The van der Waals surface area contributed by atoms with Gasteiger partial charge in [0.25, 0.3) is 0 Å². The Morgan fingerprint density at radius 3 is 2.55 bits per heavy atom. The van der Waals surface area contributed by atoms with Crippen molar-refractivity contribution in [1.29, 1.82) is 0 Å². The van der Waals surface area contributed by atoms with E-state index in [1.165, 1.54) is 12.8 Å². The average Bonchev–Trinajstić information content (AvgIpc) is 2.32. The van der Waals surface area contributed by atoms with E-state index in [9.17, 15) is 0 Å².